The van der Waals surface area contributed by atoms with Crippen LogP contribution in [0.15, 0.2) is 36.4 Å². The maximum Gasteiger partial charge on any atom is 0.338 e. The van der Waals surface area contributed by atoms with Gasteiger partial charge in [-0.25, -0.2) is 13.2 Å². The molecular weight excluding hydrogens is 432 g/mol. The number of methoxy groups -OCH3 is 1. The fourth-order valence-electron chi connectivity index (χ4n) is 2.76. The third kappa shape index (κ3) is 5.64. The Hall–Kier alpha value is -2.78. The van der Waals surface area contributed by atoms with Gasteiger partial charge in [0.25, 0.3) is 0 Å². The normalized spacial score (nSPS) is 11.0. The minimum absolute atomic E-state index is 0.139. The van der Waals surface area contributed by atoms with Crippen LogP contribution >= 0.6 is 11.6 Å². The molecule has 0 saturated carbocycles. The molecule has 1 N–H and O–H groups in total. The Kier molecular flexibility index (Phi) is 7.69. The molecule has 0 unspecified atom stereocenters. The number of nitrogens with zero attached hydrogens (tertiary/aromatic N) is 1. The van der Waals surface area contributed by atoms with E-state index in [9.17, 15) is 18.0 Å². The number of nitrogens with one attached hydrogen (secondary N) is 1. The number of carbonyl (C=O) groups is 2. The van der Waals surface area contributed by atoms with Gasteiger partial charge >= 0.3 is 5.97 Å². The van der Waals surface area contributed by atoms with Crippen molar-refractivity contribution in [1.82, 2.24) is 0 Å². The lowest BCUT2D eigenvalue weighted by Crippen LogP contribution is -2.37. The second-order valence-electron chi connectivity index (χ2n) is 6.33. The first-order valence-electron chi connectivity index (χ1n) is 8.96. The molecule has 8 nitrogen and oxygen atoms in total. The molecule has 0 saturated heterocycles. The van der Waals surface area contributed by atoms with Crippen molar-refractivity contribution in [2.75, 3.05) is 36.1 Å². The zero-order chi connectivity index (χ0) is 22.5. The van der Waals surface area contributed by atoms with E-state index in [0.29, 0.717) is 16.8 Å². The highest BCUT2D eigenvalue weighted by atomic mass is 35.5. The highest BCUT2D eigenvalue weighted by Gasteiger charge is 2.25. The summed E-state index contributed by atoms with van der Waals surface area (Å²) in [6.07, 6.45) is 0.979. The van der Waals surface area contributed by atoms with Crippen LogP contribution in [-0.4, -0.2) is 46.8 Å². The zero-order valence-corrected chi connectivity index (χ0v) is 18.6. The summed E-state index contributed by atoms with van der Waals surface area (Å²) >= 11 is 6.01. The fraction of sp³-hybridized carbons (Fsp3) is 0.300. The minimum atomic E-state index is -3.83. The van der Waals surface area contributed by atoms with E-state index < -0.39 is 28.4 Å². The zero-order valence-electron chi connectivity index (χ0n) is 17.1. The fourth-order valence-corrected chi connectivity index (χ4v) is 3.78. The van der Waals surface area contributed by atoms with Gasteiger partial charge in [-0.2, -0.15) is 0 Å². The van der Waals surface area contributed by atoms with Crippen LogP contribution in [0.25, 0.3) is 0 Å². The Morgan fingerprint density at radius 1 is 1.20 bits per heavy atom. The first kappa shape index (κ1) is 23.5. The van der Waals surface area contributed by atoms with Crippen molar-refractivity contribution in [3.05, 3.63) is 52.5 Å². The van der Waals surface area contributed by atoms with Crippen LogP contribution in [0.5, 0.6) is 5.75 Å². The van der Waals surface area contributed by atoms with Gasteiger partial charge in [0.2, 0.25) is 15.9 Å². The number of hydrogen-bond donors (Lipinski definition) is 1. The molecule has 162 valence electrons. The van der Waals surface area contributed by atoms with Gasteiger partial charge in [-0.15, -0.1) is 0 Å². The largest absolute Gasteiger partial charge is 0.495 e. The van der Waals surface area contributed by atoms with Gasteiger partial charge in [0.05, 0.1) is 31.2 Å². The molecule has 0 aliphatic heterocycles. The van der Waals surface area contributed by atoms with Gasteiger partial charge < -0.3 is 14.8 Å². The molecule has 0 aliphatic carbocycles. The van der Waals surface area contributed by atoms with E-state index in [1.54, 1.807) is 38.1 Å². The average Bonchev–Trinajstić information content (AvgIpc) is 2.67. The molecule has 0 bridgehead atoms. The number of rotatable bonds is 8. The number of ether oxygens (including phenoxy) is 2. The Balaban J connectivity index is 2.32. The number of carbonyl (C=O) groups excluding carboxylic acids is 2. The van der Waals surface area contributed by atoms with Crippen molar-refractivity contribution in [3.8, 4) is 5.75 Å². The maximum absolute atomic E-state index is 12.7. The number of benzene rings is 2. The summed E-state index contributed by atoms with van der Waals surface area (Å²) in [7, 11) is -2.45. The topological polar surface area (TPSA) is 102 Å². The van der Waals surface area contributed by atoms with Crippen LogP contribution < -0.4 is 14.4 Å². The molecule has 0 heterocycles. The van der Waals surface area contributed by atoms with E-state index >= 15 is 0 Å². The van der Waals surface area contributed by atoms with E-state index in [-0.39, 0.29) is 23.1 Å². The summed E-state index contributed by atoms with van der Waals surface area (Å²) < 4.78 is 35.9. The van der Waals surface area contributed by atoms with Gasteiger partial charge in [-0.3, -0.25) is 9.10 Å². The molecule has 10 heteroatoms. The molecular formula is C20H23ClN2O6S. The van der Waals surface area contributed by atoms with Crippen molar-refractivity contribution in [2.45, 2.75) is 13.8 Å². The molecule has 1 amide bonds. The van der Waals surface area contributed by atoms with E-state index in [1.807, 2.05) is 0 Å². The molecule has 2 rings (SSSR count). The van der Waals surface area contributed by atoms with E-state index in [2.05, 4.69) is 5.32 Å². The van der Waals surface area contributed by atoms with Crippen LogP contribution in [0.3, 0.4) is 0 Å². The monoisotopic (exact) mass is 454 g/mol. The number of anilines is 2. The molecule has 30 heavy (non-hydrogen) atoms. The molecule has 0 aliphatic rings. The number of amides is 1. The van der Waals surface area contributed by atoms with Crippen molar-refractivity contribution in [1.29, 1.82) is 0 Å². The molecule has 0 fully saturated rings. The average molecular weight is 455 g/mol. The van der Waals surface area contributed by atoms with Gasteiger partial charge in [0.1, 0.15) is 12.3 Å². The van der Waals surface area contributed by atoms with Gasteiger partial charge in [-0.05, 0) is 49.7 Å². The van der Waals surface area contributed by atoms with E-state index in [1.165, 1.54) is 19.2 Å². The minimum Gasteiger partial charge on any atom is -0.495 e. The number of esters is 1. The van der Waals surface area contributed by atoms with Crippen molar-refractivity contribution < 1.29 is 27.5 Å². The summed E-state index contributed by atoms with van der Waals surface area (Å²) in [6.45, 7) is 3.07. The van der Waals surface area contributed by atoms with E-state index in [4.69, 9.17) is 21.1 Å². The van der Waals surface area contributed by atoms with Crippen molar-refractivity contribution >= 4 is 44.9 Å². The number of halogens is 1. The quantitative estimate of drug-likeness (QED) is 0.614. The molecule has 0 atom stereocenters. The molecule has 2 aromatic carbocycles. The lowest BCUT2D eigenvalue weighted by molar-refractivity contribution is -0.114. The molecule has 2 aromatic rings. The van der Waals surface area contributed by atoms with Crippen LogP contribution in [0.2, 0.25) is 5.02 Å². The molecule has 0 radical (unpaired) electrons. The summed E-state index contributed by atoms with van der Waals surface area (Å²) in [5.74, 6) is -0.864. The van der Waals surface area contributed by atoms with Crippen molar-refractivity contribution in [2.24, 2.45) is 0 Å². The van der Waals surface area contributed by atoms with Gasteiger partial charge in [-0.1, -0.05) is 17.7 Å². The third-order valence-corrected chi connectivity index (χ3v) is 5.56. The number of hydrogen-bond acceptors (Lipinski definition) is 6. The van der Waals surface area contributed by atoms with Crippen LogP contribution in [-0.2, 0) is 19.6 Å². The first-order valence-corrected chi connectivity index (χ1v) is 11.2. The van der Waals surface area contributed by atoms with Crippen molar-refractivity contribution in [3.63, 3.8) is 0 Å². The summed E-state index contributed by atoms with van der Waals surface area (Å²) in [6, 6.07) is 9.27. The Labute approximate surface area is 180 Å². The van der Waals surface area contributed by atoms with Gasteiger partial charge in [0.15, 0.2) is 0 Å². The highest BCUT2D eigenvalue weighted by Crippen LogP contribution is 2.32. The lowest BCUT2D eigenvalue weighted by atomic mass is 10.1. The third-order valence-electron chi connectivity index (χ3n) is 4.20. The first-order chi connectivity index (χ1) is 14.1. The predicted octanol–water partition coefficient (Wildman–Crippen LogP) is 3.24. The van der Waals surface area contributed by atoms with Crippen LogP contribution in [0.1, 0.15) is 22.8 Å². The summed E-state index contributed by atoms with van der Waals surface area (Å²) in [4.78, 5) is 24.7. The lowest BCUT2D eigenvalue weighted by Gasteiger charge is -2.24. The Morgan fingerprint density at radius 2 is 1.90 bits per heavy atom. The van der Waals surface area contributed by atoms with Crippen LogP contribution in [0, 0.1) is 6.92 Å². The van der Waals surface area contributed by atoms with E-state index in [0.717, 1.165) is 10.6 Å². The standard InChI is InChI=1S/C20H23ClN2O6S/c1-5-29-20(25)15-7-6-8-16(13(15)2)22-19(24)12-23(30(4,26)27)17-11-14(21)9-10-18(17)28-3/h6-11H,5,12H2,1-4H3,(H,22,24). The Morgan fingerprint density at radius 3 is 2.50 bits per heavy atom. The Bertz CT molecular complexity index is 1060. The van der Waals surface area contributed by atoms with Gasteiger partial charge in [0, 0.05) is 10.7 Å². The maximum atomic E-state index is 12.7. The molecule has 0 spiro atoms. The molecule has 0 aromatic heterocycles. The SMILES string of the molecule is CCOC(=O)c1cccc(NC(=O)CN(c2cc(Cl)ccc2OC)S(C)(=O)=O)c1C. The number of sulfonamides is 1. The smallest absolute Gasteiger partial charge is 0.338 e. The summed E-state index contributed by atoms with van der Waals surface area (Å²) in [5, 5.41) is 2.94. The van der Waals surface area contributed by atoms with Crippen LogP contribution in [0.4, 0.5) is 11.4 Å². The second-order valence-corrected chi connectivity index (χ2v) is 8.68. The highest BCUT2D eigenvalue weighted by molar-refractivity contribution is 7.92. The second kappa shape index (κ2) is 9.82. The predicted molar refractivity (Wildman–Crippen MR) is 116 cm³/mol. The summed E-state index contributed by atoms with van der Waals surface area (Å²) in [5.41, 5.74) is 1.33.